The van der Waals surface area contributed by atoms with Gasteiger partial charge >= 0.3 is 5.97 Å². The number of esters is 1. The maximum atomic E-state index is 10.4. The van der Waals surface area contributed by atoms with Crippen LogP contribution in [0.1, 0.15) is 39.7 Å². The molecule has 0 aliphatic heterocycles. The summed E-state index contributed by atoms with van der Waals surface area (Å²) in [4.78, 5) is 18.6. The van der Waals surface area contributed by atoms with E-state index in [2.05, 4.69) is 105 Å². The minimum absolute atomic E-state index is 0. The van der Waals surface area contributed by atoms with Gasteiger partial charge in [-0.2, -0.15) is 0 Å². The van der Waals surface area contributed by atoms with E-state index in [-0.39, 0.29) is 22.9 Å². The summed E-state index contributed by atoms with van der Waals surface area (Å²) in [6.07, 6.45) is 1.97. The van der Waals surface area contributed by atoms with E-state index in [4.69, 9.17) is 20.3 Å². The molecule has 12 nitrogen and oxygen atoms in total. The molecule has 0 aliphatic rings. The van der Waals surface area contributed by atoms with Gasteiger partial charge in [0.1, 0.15) is 33.3 Å². The first-order valence-electron chi connectivity index (χ1n) is 15.4. The molecule has 0 spiro atoms. The average Bonchev–Trinajstić information content (AvgIpc) is 3.08. The molecule has 0 atom stereocenters. The van der Waals surface area contributed by atoms with Gasteiger partial charge in [-0.1, -0.05) is 77.3 Å². The van der Waals surface area contributed by atoms with Gasteiger partial charge in [-0.05, 0) is 75.7 Å². The number of aliphatic carboxylic acids is 1. The number of carbonyl (C=O) groups excluding carboxylic acids is 1. The molecule has 0 aromatic heterocycles. The summed E-state index contributed by atoms with van der Waals surface area (Å²) in [5.74, 6) is -0.299. The van der Waals surface area contributed by atoms with Crippen molar-refractivity contribution in [3.63, 3.8) is 0 Å². The summed E-state index contributed by atoms with van der Waals surface area (Å²) in [7, 11) is -6.04. The molecule has 0 radical (unpaired) electrons. The largest absolute Gasteiger partial charge is 0.744 e. The number of aliphatic hydroxyl groups is 1. The van der Waals surface area contributed by atoms with E-state index in [1.54, 1.807) is 26.0 Å². The fourth-order valence-electron chi connectivity index (χ4n) is 4.21. The Morgan fingerprint density at radius 2 is 1.16 bits per heavy atom. The highest BCUT2D eigenvalue weighted by atomic mass is 32.2. The van der Waals surface area contributed by atoms with Crippen LogP contribution in [-0.4, -0.2) is 71.0 Å². The standard InChI is InChI=1S/C21H21O3PS.C7H8O3S.C4H8O2.C2H4O2.C2H6O.H2O/c22-23-24-26-18-10-17-25(19-11-4-1-5-12-19,20-13-6-2-7-14-20)21-15-8-3-9-16-21;1-6-2-4-7(5-3-6)11(8,9)10;1-3-6-4(2)5;1-2(3)4;1-2-3;/h1-9,11-16H,10,17-18H2;2-5H,1H3,(H,8,9,10);3H2,1-2H3;1H3,(H,3,4);3H,2H2,1H3;1H2. The normalized spacial score (nSPS) is 10.0. The van der Waals surface area contributed by atoms with Crippen LogP contribution in [-0.2, 0) is 33.8 Å². The van der Waals surface area contributed by atoms with E-state index in [0.29, 0.717) is 6.61 Å². The molecule has 0 bridgehead atoms. The van der Waals surface area contributed by atoms with Gasteiger partial charge in [0.15, 0.2) is 0 Å². The Morgan fingerprint density at radius 1 is 0.784 bits per heavy atom. The molecule has 5 N–H and O–H groups in total. The third-order valence-electron chi connectivity index (χ3n) is 6.05. The number of hydrogen-bond acceptors (Lipinski definition) is 11. The number of aliphatic hydroxyl groups excluding tert-OH is 1. The summed E-state index contributed by atoms with van der Waals surface area (Å²) < 4.78 is 40.1. The third kappa shape index (κ3) is 21.3. The summed E-state index contributed by atoms with van der Waals surface area (Å²) in [6, 6.07) is 38.2. The van der Waals surface area contributed by atoms with E-state index in [9.17, 15) is 17.8 Å². The molecule has 0 aliphatic carbocycles. The second kappa shape index (κ2) is 28.9. The first-order valence-corrected chi connectivity index (χ1v) is 19.7. The predicted octanol–water partition coefficient (Wildman–Crippen LogP) is 5.17. The Morgan fingerprint density at radius 3 is 1.43 bits per heavy atom. The van der Waals surface area contributed by atoms with Crippen molar-refractivity contribution < 1.29 is 57.6 Å². The average molecular weight is 769 g/mol. The molecule has 0 amide bonds. The molecular weight excluding hydrogens is 719 g/mol. The zero-order valence-corrected chi connectivity index (χ0v) is 31.9. The van der Waals surface area contributed by atoms with Gasteiger partial charge < -0.3 is 25.0 Å². The number of carboxylic acids is 1. The van der Waals surface area contributed by atoms with Crippen LogP contribution in [0.3, 0.4) is 0 Å². The Kier molecular flexibility index (Phi) is 28.1. The van der Waals surface area contributed by atoms with Crippen LogP contribution < -0.4 is 15.9 Å². The molecule has 15 heteroatoms. The van der Waals surface area contributed by atoms with Gasteiger partial charge in [0.2, 0.25) is 0 Å². The second-order valence-corrected chi connectivity index (χ2v) is 15.7. The maximum absolute atomic E-state index is 10.4. The highest BCUT2D eigenvalue weighted by molar-refractivity contribution is 7.96. The lowest BCUT2D eigenvalue weighted by Gasteiger charge is -2.27. The van der Waals surface area contributed by atoms with Crippen LogP contribution in [0.15, 0.2) is 120 Å². The quantitative estimate of drug-likeness (QED) is 0.0343. The number of carboxylic acid groups (broad SMARTS) is 1. The van der Waals surface area contributed by atoms with Crippen LogP contribution in [0.25, 0.3) is 0 Å². The van der Waals surface area contributed by atoms with Crippen LogP contribution >= 0.6 is 19.3 Å². The highest BCUT2D eigenvalue weighted by Crippen LogP contribution is 2.55. The zero-order valence-electron chi connectivity index (χ0n) is 29.4. The van der Waals surface area contributed by atoms with Gasteiger partial charge in [-0.15, -0.1) is 4.33 Å². The van der Waals surface area contributed by atoms with Crippen molar-refractivity contribution in [3.05, 3.63) is 121 Å². The van der Waals surface area contributed by atoms with Crippen molar-refractivity contribution in [1.82, 2.24) is 0 Å². The van der Waals surface area contributed by atoms with Crippen LogP contribution in [0.2, 0.25) is 0 Å². The molecule has 0 unspecified atom stereocenters. The number of hydrogen-bond donors (Lipinski definition) is 3. The Labute approximate surface area is 305 Å². The first kappa shape index (κ1) is 49.4. The van der Waals surface area contributed by atoms with Gasteiger partial charge in [0.25, 0.3) is 5.97 Å². The Hall–Kier alpha value is -3.69. The Balaban J connectivity index is 0. The van der Waals surface area contributed by atoms with Gasteiger partial charge in [-0.25, -0.2) is 13.7 Å². The van der Waals surface area contributed by atoms with Crippen LogP contribution in [0.4, 0.5) is 0 Å². The summed E-state index contributed by atoms with van der Waals surface area (Å²) >= 11 is 1.13. The van der Waals surface area contributed by atoms with E-state index in [1.807, 2.05) is 6.92 Å². The minimum atomic E-state index is -4.27. The lowest BCUT2D eigenvalue weighted by Crippen LogP contribution is -2.33. The van der Waals surface area contributed by atoms with Crippen molar-refractivity contribution in [2.24, 2.45) is 0 Å². The molecule has 4 rings (SSSR count). The number of ether oxygens (including phenoxy) is 1. The van der Waals surface area contributed by atoms with E-state index < -0.39 is 23.3 Å². The topological polar surface area (TPSA) is 211 Å². The van der Waals surface area contributed by atoms with Crippen LogP contribution in [0.5, 0.6) is 0 Å². The molecule has 0 fully saturated rings. The van der Waals surface area contributed by atoms with Crippen molar-refractivity contribution in [1.29, 1.82) is 0 Å². The maximum Gasteiger partial charge on any atom is 0.302 e. The van der Waals surface area contributed by atoms with Gasteiger partial charge in [-0.3, -0.25) is 9.59 Å². The first-order chi connectivity index (χ1) is 23.8. The zero-order chi connectivity index (χ0) is 37.8. The minimum Gasteiger partial charge on any atom is -0.744 e. The lowest BCUT2D eigenvalue weighted by molar-refractivity contribution is -0.432. The molecular formula is C36H49O12PS2. The number of carbonyl (C=O) groups is 2. The van der Waals surface area contributed by atoms with Crippen LogP contribution in [0, 0.1) is 6.92 Å². The fraction of sp³-hybridized carbons (Fsp3) is 0.278. The summed E-state index contributed by atoms with van der Waals surface area (Å²) in [6.45, 7) is 8.49. The van der Waals surface area contributed by atoms with E-state index in [0.717, 1.165) is 42.9 Å². The molecule has 0 heterocycles. The van der Waals surface area contributed by atoms with Crippen molar-refractivity contribution in [2.45, 2.75) is 45.9 Å². The molecule has 282 valence electrons. The molecule has 4 aromatic rings. The summed E-state index contributed by atoms with van der Waals surface area (Å²) in [5.41, 5.74) is 0.928. The molecule has 0 saturated carbocycles. The number of rotatable bonds is 11. The molecule has 0 saturated heterocycles. The SMILES string of the molecule is CC(=O)O.CCO.CCOC(C)=O.Cc1ccc(S(=O)(=O)[O-])cc1.O.OOOSCCC[P+](c1ccccc1)(c1ccccc1)c1ccccc1. The lowest BCUT2D eigenvalue weighted by atomic mass is 10.2. The second-order valence-electron chi connectivity index (χ2n) is 9.89. The third-order valence-corrected chi connectivity index (χ3v) is 12.0. The van der Waals surface area contributed by atoms with Crippen molar-refractivity contribution >= 4 is 57.3 Å². The van der Waals surface area contributed by atoms with Crippen molar-refractivity contribution in [2.75, 3.05) is 25.1 Å². The van der Waals surface area contributed by atoms with Gasteiger partial charge in [0, 0.05) is 38.2 Å². The highest BCUT2D eigenvalue weighted by Gasteiger charge is 2.44. The van der Waals surface area contributed by atoms with E-state index >= 15 is 0 Å². The fourth-order valence-corrected chi connectivity index (χ4v) is 9.61. The molecule has 51 heavy (non-hydrogen) atoms. The predicted molar refractivity (Wildman–Crippen MR) is 203 cm³/mol. The number of aryl methyl sites for hydroxylation is 1. The number of benzene rings is 4. The van der Waals surface area contributed by atoms with E-state index in [1.165, 1.54) is 35.0 Å². The monoisotopic (exact) mass is 768 g/mol. The summed E-state index contributed by atoms with van der Waals surface area (Å²) in [5, 5.41) is 31.1. The van der Waals surface area contributed by atoms with Gasteiger partial charge in [0.05, 0.1) is 17.7 Å². The Bertz CT molecular complexity index is 1460. The smallest absolute Gasteiger partial charge is 0.302 e. The molecule has 4 aromatic carbocycles. The van der Waals surface area contributed by atoms with Crippen molar-refractivity contribution in [3.8, 4) is 0 Å².